The number of nitrogens with two attached hydrogens (primary N) is 2. The van der Waals surface area contributed by atoms with Gasteiger partial charge in [0.2, 0.25) is 5.78 Å². The number of aliphatic hydroxyl groups excluding tert-OH is 1. The van der Waals surface area contributed by atoms with Gasteiger partial charge < -0.3 is 31.9 Å². The summed E-state index contributed by atoms with van der Waals surface area (Å²) in [5.41, 5.74) is 7.39. The van der Waals surface area contributed by atoms with E-state index in [1.165, 1.54) is 12.1 Å². The van der Waals surface area contributed by atoms with E-state index in [2.05, 4.69) is 0 Å². The molecule has 2 aliphatic rings. The second-order valence-corrected chi connectivity index (χ2v) is 7.87. The van der Waals surface area contributed by atoms with Crippen molar-refractivity contribution in [2.24, 2.45) is 17.4 Å². The van der Waals surface area contributed by atoms with Gasteiger partial charge in [-0.1, -0.05) is 11.6 Å². The number of halogens is 1. The number of carbonyl (C=O) groups excluding carboxylic acids is 3. The average molecular weight is 433 g/mol. The number of hydrogen-bond acceptors (Lipinski definition) is 8. The normalized spacial score (nSPS) is 23.5. The van der Waals surface area contributed by atoms with Crippen LogP contribution in [0.15, 0.2) is 23.5 Å². The smallest absolute Gasteiger partial charge is 0.255 e. The predicted octanol–water partition coefficient (Wildman–Crippen LogP) is 0.719. The summed E-state index contributed by atoms with van der Waals surface area (Å²) in [4.78, 5) is 37.1. The zero-order valence-corrected chi connectivity index (χ0v) is 16.2. The molecule has 156 valence electrons. The lowest BCUT2D eigenvalue weighted by atomic mass is 9.64. The van der Waals surface area contributed by atoms with Crippen LogP contribution in [-0.2, 0) is 22.6 Å². The quantitative estimate of drug-likeness (QED) is 0.375. The van der Waals surface area contributed by atoms with E-state index in [4.69, 9.17) is 23.1 Å². The summed E-state index contributed by atoms with van der Waals surface area (Å²) in [6, 6.07) is 2.91. The highest BCUT2D eigenvalue weighted by molar-refractivity contribution is 6.36. The van der Waals surface area contributed by atoms with Crippen molar-refractivity contribution < 1.29 is 34.8 Å². The van der Waals surface area contributed by atoms with Crippen LogP contribution in [0.5, 0.6) is 11.5 Å². The van der Waals surface area contributed by atoms with Crippen LogP contribution in [-0.4, -0.2) is 43.5 Å². The molecule has 0 spiro atoms. The van der Waals surface area contributed by atoms with Crippen molar-refractivity contribution in [3.05, 3.63) is 45.2 Å². The minimum absolute atomic E-state index is 0.0847. The zero-order valence-electron chi connectivity index (χ0n) is 15.4. The summed E-state index contributed by atoms with van der Waals surface area (Å²) in [5.74, 6) is -6.44. The Labute approximate surface area is 174 Å². The second-order valence-electron chi connectivity index (χ2n) is 7.46. The molecular formula is C20H17ClN2O7. The summed E-state index contributed by atoms with van der Waals surface area (Å²) < 4.78 is 0. The number of rotatable bonds is 2. The molecule has 0 heterocycles. The van der Waals surface area contributed by atoms with E-state index < -0.39 is 52.5 Å². The number of Topliss-reactive ketones (excluding diaryl/α,β-unsaturated/α-hetero) is 2. The fourth-order valence-electron chi connectivity index (χ4n) is 4.39. The molecule has 0 bridgehead atoms. The van der Waals surface area contributed by atoms with E-state index in [-0.39, 0.29) is 51.2 Å². The third kappa shape index (κ3) is 2.40. The number of hydrogen-bond donors (Lipinski definition) is 6. The summed E-state index contributed by atoms with van der Waals surface area (Å²) in [6.07, 6.45) is -0.493. The fourth-order valence-corrected chi connectivity index (χ4v) is 4.67. The predicted molar refractivity (Wildman–Crippen MR) is 105 cm³/mol. The molecule has 9 nitrogen and oxygen atoms in total. The van der Waals surface area contributed by atoms with E-state index in [1.807, 2.05) is 0 Å². The summed E-state index contributed by atoms with van der Waals surface area (Å²) in [7, 11) is 0. The maximum Gasteiger partial charge on any atom is 0.255 e. The molecule has 8 N–H and O–H groups in total. The molecule has 2 unspecified atom stereocenters. The molecule has 2 aromatic rings. The topological polar surface area (TPSA) is 184 Å². The van der Waals surface area contributed by atoms with Crippen molar-refractivity contribution in [1.82, 2.24) is 0 Å². The molecule has 10 heteroatoms. The summed E-state index contributed by atoms with van der Waals surface area (Å²) >= 11 is 6.26. The van der Waals surface area contributed by atoms with Gasteiger partial charge in [-0.15, -0.1) is 0 Å². The maximum absolute atomic E-state index is 13.3. The lowest BCUT2D eigenvalue weighted by molar-refractivity contribution is -0.125. The Bertz CT molecular complexity index is 1220. The van der Waals surface area contributed by atoms with E-state index in [9.17, 15) is 34.8 Å². The van der Waals surface area contributed by atoms with Crippen LogP contribution < -0.4 is 11.5 Å². The van der Waals surface area contributed by atoms with E-state index in [0.717, 1.165) is 0 Å². The highest BCUT2D eigenvalue weighted by Gasteiger charge is 2.57. The highest BCUT2D eigenvalue weighted by atomic mass is 35.5. The van der Waals surface area contributed by atoms with Gasteiger partial charge >= 0.3 is 0 Å². The van der Waals surface area contributed by atoms with E-state index in [1.54, 1.807) is 0 Å². The highest BCUT2D eigenvalue weighted by Crippen LogP contribution is 2.50. The number of amides is 1. The van der Waals surface area contributed by atoms with Crippen LogP contribution in [0.1, 0.15) is 27.9 Å². The molecule has 1 amide bonds. The van der Waals surface area contributed by atoms with Crippen LogP contribution in [0.2, 0.25) is 5.02 Å². The lowest BCUT2D eigenvalue weighted by Gasteiger charge is -2.41. The van der Waals surface area contributed by atoms with Crippen LogP contribution >= 0.6 is 11.6 Å². The number of phenolic OH excluding ortho intramolecular Hbond substituents is 2. The standard InChI is InChI=1S/C20H17ClN2O7/c21-10-3-7(5-22)15(25)13-9(10)2-6-1-8-4-11(24)14(19(23)29)18(28)20(8,30)17(27)12(6)16(13)26/h2-3,8,25-26,28,30H,1,4-5,22H2,(H2,23,29). The number of primary amides is 1. The van der Waals surface area contributed by atoms with Gasteiger partial charge in [0.05, 0.1) is 10.9 Å². The summed E-state index contributed by atoms with van der Waals surface area (Å²) in [5, 5.41) is 43.2. The van der Waals surface area contributed by atoms with Gasteiger partial charge in [0.25, 0.3) is 5.91 Å². The lowest BCUT2D eigenvalue weighted by Crippen LogP contribution is -2.56. The van der Waals surface area contributed by atoms with Gasteiger partial charge in [0.15, 0.2) is 11.4 Å². The largest absolute Gasteiger partial charge is 0.508 e. The Morgan fingerprint density at radius 2 is 1.83 bits per heavy atom. The third-order valence-corrected chi connectivity index (χ3v) is 6.20. The van der Waals surface area contributed by atoms with Crippen LogP contribution in [0.25, 0.3) is 10.8 Å². The van der Waals surface area contributed by atoms with Gasteiger partial charge in [0.1, 0.15) is 22.8 Å². The number of phenols is 2. The molecule has 0 radical (unpaired) electrons. The molecule has 4 rings (SSSR count). The fraction of sp³-hybridized carbons (Fsp3) is 0.250. The maximum atomic E-state index is 13.3. The molecule has 2 atom stereocenters. The minimum atomic E-state index is -2.62. The van der Waals surface area contributed by atoms with Crippen molar-refractivity contribution in [2.75, 3.05) is 0 Å². The Morgan fingerprint density at radius 1 is 1.17 bits per heavy atom. The first-order chi connectivity index (χ1) is 14.0. The van der Waals surface area contributed by atoms with Gasteiger partial charge in [-0.2, -0.15) is 0 Å². The van der Waals surface area contributed by atoms with E-state index in [0.29, 0.717) is 0 Å². The van der Waals surface area contributed by atoms with Crippen LogP contribution in [0, 0.1) is 5.92 Å². The molecule has 0 fully saturated rings. The number of ketones is 2. The average Bonchev–Trinajstić information content (AvgIpc) is 2.67. The molecular weight excluding hydrogens is 416 g/mol. The molecule has 0 saturated carbocycles. The van der Waals surface area contributed by atoms with Crippen molar-refractivity contribution >= 4 is 39.8 Å². The minimum Gasteiger partial charge on any atom is -0.508 e. The number of fused-ring (bicyclic) bond motifs is 3. The first-order valence-corrected chi connectivity index (χ1v) is 9.34. The van der Waals surface area contributed by atoms with Crippen molar-refractivity contribution in [3.8, 4) is 11.5 Å². The van der Waals surface area contributed by atoms with Crippen LogP contribution in [0.3, 0.4) is 0 Å². The molecule has 30 heavy (non-hydrogen) atoms. The second kappa shape index (κ2) is 6.43. The number of benzene rings is 2. The Hall–Kier alpha value is -3.14. The number of aromatic hydroxyl groups is 2. The van der Waals surface area contributed by atoms with Gasteiger partial charge in [-0.3, -0.25) is 14.4 Å². The van der Waals surface area contributed by atoms with Crippen molar-refractivity contribution in [3.63, 3.8) is 0 Å². The van der Waals surface area contributed by atoms with E-state index >= 15 is 0 Å². The number of carbonyl (C=O) groups is 3. The molecule has 2 aromatic carbocycles. The summed E-state index contributed by atoms with van der Waals surface area (Å²) in [6.45, 7) is -0.0917. The monoisotopic (exact) mass is 432 g/mol. The first kappa shape index (κ1) is 20.1. The Morgan fingerprint density at radius 3 is 2.43 bits per heavy atom. The molecule has 0 aromatic heterocycles. The van der Waals surface area contributed by atoms with Crippen molar-refractivity contribution in [1.29, 1.82) is 0 Å². The van der Waals surface area contributed by atoms with Crippen molar-refractivity contribution in [2.45, 2.75) is 25.0 Å². The van der Waals surface area contributed by atoms with Gasteiger partial charge in [0, 0.05) is 34.9 Å². The van der Waals surface area contributed by atoms with Crippen LogP contribution in [0.4, 0.5) is 0 Å². The third-order valence-electron chi connectivity index (χ3n) is 5.89. The molecule has 0 saturated heterocycles. The first-order valence-electron chi connectivity index (χ1n) is 8.96. The Kier molecular flexibility index (Phi) is 4.32. The molecule has 0 aliphatic heterocycles. The molecule has 2 aliphatic carbocycles. The SMILES string of the molecule is NCc1cc(Cl)c2cc3c(c(O)c2c1O)C(=O)C1(O)C(O)=C(C(N)=O)C(=O)CC1C3. The van der Waals surface area contributed by atoms with Gasteiger partial charge in [-0.05, 0) is 24.1 Å². The zero-order chi connectivity index (χ0) is 22.1. The Balaban J connectivity index is 2.05. The number of aliphatic hydroxyl groups is 2. The van der Waals surface area contributed by atoms with Gasteiger partial charge in [-0.25, -0.2) is 0 Å².